The van der Waals surface area contributed by atoms with Crippen LogP contribution in [0.15, 0.2) is 66.7 Å². The van der Waals surface area contributed by atoms with Crippen molar-refractivity contribution in [2.45, 2.75) is 19.3 Å². The van der Waals surface area contributed by atoms with Crippen LogP contribution < -0.4 is 0 Å². The Kier molecular flexibility index (Phi) is 4.96. The predicted octanol–water partition coefficient (Wildman–Crippen LogP) is 4.81. The maximum absolute atomic E-state index is 8.59. The van der Waals surface area contributed by atoms with E-state index in [0.717, 1.165) is 12.8 Å². The third-order valence-electron chi connectivity index (χ3n) is 3.01. The molecule has 0 bridgehead atoms. The Morgan fingerprint density at radius 2 is 1.42 bits per heavy atom. The van der Waals surface area contributed by atoms with Crippen molar-refractivity contribution in [3.05, 3.63) is 77.9 Å². The van der Waals surface area contributed by atoms with Crippen molar-refractivity contribution in [3.63, 3.8) is 0 Å². The second kappa shape index (κ2) is 7.18. The van der Waals surface area contributed by atoms with Crippen LogP contribution in [0.3, 0.4) is 0 Å². The highest BCUT2D eigenvalue weighted by Gasteiger charge is 2.03. The zero-order valence-electron chi connectivity index (χ0n) is 10.9. The molecule has 0 amide bonds. The average Bonchev–Trinajstić information content (AvgIpc) is 2.49. The summed E-state index contributed by atoms with van der Waals surface area (Å²) in [6, 6.07) is 23.0. The molecule has 0 N–H and O–H groups in total. The summed E-state index contributed by atoms with van der Waals surface area (Å²) < 4.78 is 0. The van der Waals surface area contributed by atoms with Crippen LogP contribution in [0, 0.1) is 11.3 Å². The third kappa shape index (κ3) is 3.82. The third-order valence-corrected chi connectivity index (χ3v) is 3.01. The molecule has 2 aromatic carbocycles. The fraction of sp³-hybridized carbons (Fsp3) is 0.167. The van der Waals surface area contributed by atoms with E-state index in [1.807, 2.05) is 12.1 Å². The summed E-state index contributed by atoms with van der Waals surface area (Å²) in [5, 5.41) is 8.59. The zero-order valence-corrected chi connectivity index (χ0v) is 10.9. The summed E-state index contributed by atoms with van der Waals surface area (Å²) in [6.45, 7) is 0. The molecule has 0 saturated carbocycles. The number of nitriles is 1. The van der Waals surface area contributed by atoms with Gasteiger partial charge in [0.05, 0.1) is 6.07 Å². The molecule has 0 heterocycles. The molecule has 0 aliphatic rings. The molecule has 0 saturated heterocycles. The first-order chi connectivity index (χ1) is 9.42. The Labute approximate surface area is 114 Å². The molecule has 19 heavy (non-hydrogen) atoms. The van der Waals surface area contributed by atoms with Gasteiger partial charge in [0.25, 0.3) is 0 Å². The Balaban J connectivity index is 2.27. The fourth-order valence-electron chi connectivity index (χ4n) is 2.07. The van der Waals surface area contributed by atoms with Gasteiger partial charge in [-0.3, -0.25) is 0 Å². The van der Waals surface area contributed by atoms with E-state index >= 15 is 0 Å². The fourth-order valence-corrected chi connectivity index (χ4v) is 2.07. The van der Waals surface area contributed by atoms with Crippen LogP contribution in [-0.4, -0.2) is 0 Å². The van der Waals surface area contributed by atoms with Crippen LogP contribution in [-0.2, 0) is 0 Å². The van der Waals surface area contributed by atoms with Crippen LogP contribution in [0.2, 0.25) is 0 Å². The number of hydrogen-bond acceptors (Lipinski definition) is 1. The largest absolute Gasteiger partial charge is 0.198 e. The summed E-state index contributed by atoms with van der Waals surface area (Å²) in [4.78, 5) is 0. The van der Waals surface area contributed by atoms with E-state index < -0.39 is 0 Å². The maximum Gasteiger partial charge on any atom is 0.0621 e. The van der Waals surface area contributed by atoms with E-state index in [0.29, 0.717) is 6.42 Å². The molecule has 2 aromatic rings. The monoisotopic (exact) mass is 247 g/mol. The number of unbranched alkanes of at least 4 members (excludes halogenated alkanes) is 2. The second-order valence-corrected chi connectivity index (χ2v) is 4.40. The molecule has 1 heteroatoms. The summed E-state index contributed by atoms with van der Waals surface area (Å²) in [6.07, 6.45) is 4.71. The van der Waals surface area contributed by atoms with Crippen molar-refractivity contribution in [2.75, 3.05) is 0 Å². The van der Waals surface area contributed by atoms with Crippen LogP contribution in [0.1, 0.15) is 30.4 Å². The van der Waals surface area contributed by atoms with Crippen molar-refractivity contribution in [2.24, 2.45) is 0 Å². The van der Waals surface area contributed by atoms with E-state index in [1.54, 1.807) is 0 Å². The lowest BCUT2D eigenvalue weighted by molar-refractivity contribution is 0.877. The van der Waals surface area contributed by atoms with Gasteiger partial charge in [-0.2, -0.15) is 5.26 Å². The van der Waals surface area contributed by atoms with Gasteiger partial charge in [-0.05, 0) is 29.5 Å². The maximum atomic E-state index is 8.59. The van der Waals surface area contributed by atoms with E-state index in [9.17, 15) is 0 Å². The normalized spacial score (nSPS) is 9.63. The molecule has 0 atom stereocenters. The van der Waals surface area contributed by atoms with Gasteiger partial charge in [0.1, 0.15) is 0 Å². The minimum Gasteiger partial charge on any atom is -0.198 e. The van der Waals surface area contributed by atoms with Crippen molar-refractivity contribution in [1.29, 1.82) is 5.26 Å². The highest BCUT2D eigenvalue weighted by Crippen LogP contribution is 2.24. The van der Waals surface area contributed by atoms with Crippen LogP contribution in [0.25, 0.3) is 5.57 Å². The highest BCUT2D eigenvalue weighted by atomic mass is 14.2. The number of nitrogens with zero attached hydrogens (tertiary/aromatic N) is 1. The first-order valence-electron chi connectivity index (χ1n) is 6.60. The quantitative estimate of drug-likeness (QED) is 0.695. The standard InChI is InChI=1S/C18H17N/c19-15-9-3-8-14-18(16-10-4-1-5-11-16)17-12-6-2-7-13-17/h1-2,4-7,10-14H,3,8-9H2. The van der Waals surface area contributed by atoms with Gasteiger partial charge < -0.3 is 0 Å². The lowest BCUT2D eigenvalue weighted by Crippen LogP contribution is -1.87. The van der Waals surface area contributed by atoms with Gasteiger partial charge >= 0.3 is 0 Å². The van der Waals surface area contributed by atoms with E-state index in [1.165, 1.54) is 16.7 Å². The molecule has 0 spiro atoms. The summed E-state index contributed by atoms with van der Waals surface area (Å²) in [7, 11) is 0. The van der Waals surface area contributed by atoms with Gasteiger partial charge in [-0.25, -0.2) is 0 Å². The van der Waals surface area contributed by atoms with Gasteiger partial charge in [0.15, 0.2) is 0 Å². The molecular formula is C18H17N. The minimum absolute atomic E-state index is 0.618. The van der Waals surface area contributed by atoms with E-state index in [-0.39, 0.29) is 0 Å². The van der Waals surface area contributed by atoms with Crippen molar-refractivity contribution in [1.82, 2.24) is 0 Å². The number of rotatable bonds is 5. The van der Waals surface area contributed by atoms with Crippen LogP contribution >= 0.6 is 0 Å². The molecule has 1 nitrogen and oxygen atoms in total. The molecule has 0 aliphatic carbocycles. The lowest BCUT2D eigenvalue weighted by Gasteiger charge is -2.08. The molecular weight excluding hydrogens is 230 g/mol. The molecule has 2 rings (SSSR count). The lowest BCUT2D eigenvalue weighted by atomic mass is 9.96. The summed E-state index contributed by atoms with van der Waals surface area (Å²) in [5.74, 6) is 0. The van der Waals surface area contributed by atoms with Crippen LogP contribution in [0.4, 0.5) is 0 Å². The molecule has 0 unspecified atom stereocenters. The Hall–Kier alpha value is -2.33. The molecule has 0 aromatic heterocycles. The number of allylic oxidation sites excluding steroid dienone is 1. The Bertz CT molecular complexity index is 520. The Morgan fingerprint density at radius 1 is 0.895 bits per heavy atom. The predicted molar refractivity (Wildman–Crippen MR) is 79.4 cm³/mol. The smallest absolute Gasteiger partial charge is 0.0621 e. The molecule has 0 aliphatic heterocycles. The molecule has 0 radical (unpaired) electrons. The molecule has 94 valence electrons. The Morgan fingerprint density at radius 3 is 1.89 bits per heavy atom. The number of hydrogen-bond donors (Lipinski definition) is 0. The summed E-state index contributed by atoms with van der Waals surface area (Å²) in [5.41, 5.74) is 3.70. The topological polar surface area (TPSA) is 23.8 Å². The zero-order chi connectivity index (χ0) is 13.3. The first-order valence-corrected chi connectivity index (χ1v) is 6.60. The van der Waals surface area contributed by atoms with Gasteiger partial charge in [0, 0.05) is 6.42 Å². The van der Waals surface area contributed by atoms with Crippen molar-refractivity contribution in [3.8, 4) is 6.07 Å². The van der Waals surface area contributed by atoms with E-state index in [4.69, 9.17) is 5.26 Å². The highest BCUT2D eigenvalue weighted by molar-refractivity contribution is 5.79. The summed E-state index contributed by atoms with van der Waals surface area (Å²) >= 11 is 0. The van der Waals surface area contributed by atoms with Crippen LogP contribution in [0.5, 0.6) is 0 Å². The molecule has 0 fully saturated rings. The minimum atomic E-state index is 0.618. The van der Waals surface area contributed by atoms with E-state index in [2.05, 4.69) is 60.7 Å². The second-order valence-electron chi connectivity index (χ2n) is 4.40. The van der Waals surface area contributed by atoms with Gasteiger partial charge in [-0.1, -0.05) is 66.7 Å². The van der Waals surface area contributed by atoms with Gasteiger partial charge in [-0.15, -0.1) is 0 Å². The average molecular weight is 247 g/mol. The first kappa shape index (κ1) is 13.1. The van der Waals surface area contributed by atoms with Gasteiger partial charge in [0.2, 0.25) is 0 Å². The van der Waals surface area contributed by atoms with Crippen molar-refractivity contribution < 1.29 is 0 Å². The van der Waals surface area contributed by atoms with Crippen molar-refractivity contribution >= 4 is 5.57 Å². The SMILES string of the molecule is N#CCCCC=C(c1ccccc1)c1ccccc1. The number of benzene rings is 2.